The van der Waals surface area contributed by atoms with Gasteiger partial charge in [0.25, 0.3) is 0 Å². The number of anilines is 1. The van der Waals surface area contributed by atoms with Crippen molar-refractivity contribution in [2.45, 2.75) is 13.0 Å². The number of hydrogen-bond donors (Lipinski definition) is 2. The Morgan fingerprint density at radius 2 is 2.00 bits per heavy atom. The van der Waals surface area contributed by atoms with Crippen LogP contribution < -0.4 is 15.4 Å². The van der Waals surface area contributed by atoms with Crippen LogP contribution in [0.25, 0.3) is 0 Å². The molecule has 1 aliphatic rings. The molecule has 0 aromatic heterocycles. The smallest absolute Gasteiger partial charge is 0.228 e. The standard InChI is InChI=1S/C20H24N2O3/c23-20(17-9-10-21-14-17)22-18-6-4-5-16(13-18)15-24-11-12-25-19-7-2-1-3-8-19/h1-8,13,17,21H,9-12,14-15H2,(H,22,23)/t17-/m1/s1. The molecule has 2 N–H and O–H groups in total. The van der Waals surface area contributed by atoms with Crippen LogP contribution in [0, 0.1) is 5.92 Å². The van der Waals surface area contributed by atoms with Crippen molar-refractivity contribution in [1.29, 1.82) is 0 Å². The summed E-state index contributed by atoms with van der Waals surface area (Å²) in [6.07, 6.45) is 0.899. The first-order chi connectivity index (χ1) is 12.3. The number of carbonyl (C=O) groups excluding carboxylic acids is 1. The maximum Gasteiger partial charge on any atom is 0.228 e. The average Bonchev–Trinajstić information content (AvgIpc) is 3.17. The van der Waals surface area contributed by atoms with E-state index >= 15 is 0 Å². The summed E-state index contributed by atoms with van der Waals surface area (Å²) in [5, 5.41) is 6.20. The van der Waals surface area contributed by atoms with Crippen molar-refractivity contribution in [3.8, 4) is 5.75 Å². The van der Waals surface area contributed by atoms with Gasteiger partial charge >= 0.3 is 0 Å². The number of ether oxygens (including phenoxy) is 2. The molecule has 3 rings (SSSR count). The second kappa shape index (κ2) is 9.20. The highest BCUT2D eigenvalue weighted by Crippen LogP contribution is 2.15. The fraction of sp³-hybridized carbons (Fsp3) is 0.350. The van der Waals surface area contributed by atoms with E-state index in [0.717, 1.165) is 36.5 Å². The van der Waals surface area contributed by atoms with E-state index in [9.17, 15) is 4.79 Å². The monoisotopic (exact) mass is 340 g/mol. The van der Waals surface area contributed by atoms with Crippen LogP contribution in [-0.2, 0) is 16.1 Å². The Morgan fingerprint density at radius 3 is 2.80 bits per heavy atom. The van der Waals surface area contributed by atoms with Gasteiger partial charge in [0.15, 0.2) is 0 Å². The Bertz CT molecular complexity index is 670. The number of rotatable bonds is 8. The number of para-hydroxylation sites is 1. The molecule has 1 fully saturated rings. The Labute approximate surface area is 148 Å². The molecule has 25 heavy (non-hydrogen) atoms. The van der Waals surface area contributed by atoms with E-state index in [1.807, 2.05) is 54.6 Å². The van der Waals surface area contributed by atoms with Crippen LogP contribution in [-0.4, -0.2) is 32.2 Å². The molecule has 0 radical (unpaired) electrons. The van der Waals surface area contributed by atoms with Crippen LogP contribution in [0.5, 0.6) is 5.75 Å². The number of carbonyl (C=O) groups is 1. The third-order valence-corrected chi connectivity index (χ3v) is 4.13. The maximum absolute atomic E-state index is 12.2. The Kier molecular flexibility index (Phi) is 6.42. The molecule has 132 valence electrons. The predicted molar refractivity (Wildman–Crippen MR) is 97.6 cm³/mol. The highest BCUT2D eigenvalue weighted by atomic mass is 16.5. The van der Waals surface area contributed by atoms with E-state index < -0.39 is 0 Å². The molecule has 0 saturated carbocycles. The second-order valence-corrected chi connectivity index (χ2v) is 6.09. The fourth-order valence-corrected chi connectivity index (χ4v) is 2.79. The fourth-order valence-electron chi connectivity index (χ4n) is 2.79. The molecule has 1 saturated heterocycles. The van der Waals surface area contributed by atoms with Crippen LogP contribution in [0.1, 0.15) is 12.0 Å². The zero-order valence-electron chi connectivity index (χ0n) is 14.2. The molecule has 2 aromatic rings. The van der Waals surface area contributed by atoms with Crippen molar-refractivity contribution in [2.75, 3.05) is 31.6 Å². The van der Waals surface area contributed by atoms with E-state index in [-0.39, 0.29) is 11.8 Å². The molecule has 0 bridgehead atoms. The van der Waals surface area contributed by atoms with Crippen molar-refractivity contribution < 1.29 is 14.3 Å². The third-order valence-electron chi connectivity index (χ3n) is 4.13. The molecule has 1 atom stereocenters. The van der Waals surface area contributed by atoms with Crippen LogP contribution in [0.3, 0.4) is 0 Å². The SMILES string of the molecule is O=C(Nc1cccc(COCCOc2ccccc2)c1)[C@@H]1CCNC1. The molecule has 2 aromatic carbocycles. The minimum atomic E-state index is 0.0649. The van der Waals surface area contributed by atoms with Crippen molar-refractivity contribution in [3.05, 3.63) is 60.2 Å². The van der Waals surface area contributed by atoms with Crippen molar-refractivity contribution in [1.82, 2.24) is 5.32 Å². The summed E-state index contributed by atoms with van der Waals surface area (Å²) in [5.41, 5.74) is 1.85. The van der Waals surface area contributed by atoms with Crippen LogP contribution in [0.2, 0.25) is 0 Å². The minimum Gasteiger partial charge on any atom is -0.491 e. The predicted octanol–water partition coefficient (Wildman–Crippen LogP) is 2.83. The van der Waals surface area contributed by atoms with Gasteiger partial charge in [0.05, 0.1) is 19.1 Å². The third kappa shape index (κ3) is 5.59. The lowest BCUT2D eigenvalue weighted by Crippen LogP contribution is -2.24. The Hall–Kier alpha value is -2.37. The summed E-state index contributed by atoms with van der Waals surface area (Å²) in [6.45, 7) is 3.19. The number of nitrogens with one attached hydrogen (secondary N) is 2. The van der Waals surface area contributed by atoms with Gasteiger partial charge in [-0.3, -0.25) is 4.79 Å². The first kappa shape index (κ1) is 17.5. The van der Waals surface area contributed by atoms with Crippen LogP contribution >= 0.6 is 0 Å². The first-order valence-electron chi connectivity index (χ1n) is 8.67. The molecule has 1 amide bonds. The maximum atomic E-state index is 12.2. The molecule has 5 heteroatoms. The lowest BCUT2D eigenvalue weighted by Gasteiger charge is -2.11. The summed E-state index contributed by atoms with van der Waals surface area (Å²) in [4.78, 5) is 12.2. The zero-order valence-corrected chi connectivity index (χ0v) is 14.2. The van der Waals surface area contributed by atoms with Gasteiger partial charge in [-0.2, -0.15) is 0 Å². The molecule has 1 aliphatic heterocycles. The topological polar surface area (TPSA) is 59.6 Å². The summed E-state index contributed by atoms with van der Waals surface area (Å²) in [5.74, 6) is 0.992. The van der Waals surface area contributed by atoms with Crippen LogP contribution in [0.4, 0.5) is 5.69 Å². The molecule has 0 spiro atoms. The van der Waals surface area contributed by atoms with Gasteiger partial charge in [-0.25, -0.2) is 0 Å². The summed E-state index contributed by atoms with van der Waals surface area (Å²) < 4.78 is 11.2. The largest absolute Gasteiger partial charge is 0.491 e. The van der Waals surface area contributed by atoms with Crippen LogP contribution in [0.15, 0.2) is 54.6 Å². The van der Waals surface area contributed by atoms with Gasteiger partial charge in [-0.1, -0.05) is 30.3 Å². The summed E-state index contributed by atoms with van der Waals surface area (Å²) in [6, 6.07) is 17.5. The number of benzene rings is 2. The second-order valence-electron chi connectivity index (χ2n) is 6.09. The molecule has 1 heterocycles. The van der Waals surface area contributed by atoms with Gasteiger partial charge in [-0.15, -0.1) is 0 Å². The van der Waals surface area contributed by atoms with E-state index in [1.54, 1.807) is 0 Å². The lowest BCUT2D eigenvalue weighted by molar-refractivity contribution is -0.119. The molecule has 5 nitrogen and oxygen atoms in total. The van der Waals surface area contributed by atoms with E-state index in [2.05, 4.69) is 10.6 Å². The first-order valence-corrected chi connectivity index (χ1v) is 8.67. The Balaban J connectivity index is 1.40. The highest BCUT2D eigenvalue weighted by molar-refractivity contribution is 5.92. The zero-order chi connectivity index (χ0) is 17.3. The van der Waals surface area contributed by atoms with Gasteiger partial charge in [0.1, 0.15) is 12.4 Å². The average molecular weight is 340 g/mol. The lowest BCUT2D eigenvalue weighted by atomic mass is 10.1. The summed E-state index contributed by atoms with van der Waals surface area (Å²) >= 11 is 0. The van der Waals surface area contributed by atoms with Gasteiger partial charge in [0, 0.05) is 12.2 Å². The van der Waals surface area contributed by atoms with Crippen molar-refractivity contribution in [2.24, 2.45) is 5.92 Å². The molecular formula is C20H24N2O3. The minimum absolute atomic E-state index is 0.0649. The molecule has 0 aliphatic carbocycles. The quantitative estimate of drug-likeness (QED) is 0.726. The number of amides is 1. The van der Waals surface area contributed by atoms with E-state index in [0.29, 0.717) is 19.8 Å². The molecular weight excluding hydrogens is 316 g/mol. The number of hydrogen-bond acceptors (Lipinski definition) is 4. The van der Waals surface area contributed by atoms with Crippen molar-refractivity contribution in [3.63, 3.8) is 0 Å². The van der Waals surface area contributed by atoms with Crippen molar-refractivity contribution >= 4 is 11.6 Å². The van der Waals surface area contributed by atoms with Gasteiger partial charge < -0.3 is 20.1 Å². The molecule has 0 unspecified atom stereocenters. The highest BCUT2D eigenvalue weighted by Gasteiger charge is 2.22. The summed E-state index contributed by atoms with van der Waals surface area (Å²) in [7, 11) is 0. The van der Waals surface area contributed by atoms with Gasteiger partial charge in [-0.05, 0) is 42.8 Å². The van der Waals surface area contributed by atoms with Gasteiger partial charge in [0.2, 0.25) is 5.91 Å². The normalized spacial score (nSPS) is 16.6. The van der Waals surface area contributed by atoms with E-state index in [4.69, 9.17) is 9.47 Å². The Morgan fingerprint density at radius 1 is 1.12 bits per heavy atom. The van der Waals surface area contributed by atoms with E-state index in [1.165, 1.54) is 0 Å².